The number of thioether (sulfide) groups is 1. The van der Waals surface area contributed by atoms with Crippen molar-refractivity contribution in [1.29, 1.82) is 0 Å². The van der Waals surface area contributed by atoms with Crippen LogP contribution in [-0.2, 0) is 11.8 Å². The van der Waals surface area contributed by atoms with Crippen molar-refractivity contribution < 1.29 is 9.53 Å². The van der Waals surface area contributed by atoms with E-state index >= 15 is 0 Å². The lowest BCUT2D eigenvalue weighted by Gasteiger charge is -2.12. The summed E-state index contributed by atoms with van der Waals surface area (Å²) in [4.78, 5) is 12.2. The van der Waals surface area contributed by atoms with Gasteiger partial charge in [0.2, 0.25) is 5.91 Å². The smallest absolute Gasteiger partial charge is 0.237 e. The molecule has 0 radical (unpaired) electrons. The number of amides is 1. The van der Waals surface area contributed by atoms with Crippen LogP contribution in [0, 0.1) is 6.92 Å². The van der Waals surface area contributed by atoms with Gasteiger partial charge in [0.1, 0.15) is 11.6 Å². The third kappa shape index (κ3) is 3.72. The van der Waals surface area contributed by atoms with Crippen molar-refractivity contribution in [3.05, 3.63) is 29.0 Å². The summed E-state index contributed by atoms with van der Waals surface area (Å²) in [5.41, 5.74) is 0.623. The summed E-state index contributed by atoms with van der Waals surface area (Å²) in [5, 5.41) is 11.7. The maximum atomic E-state index is 12.2. The molecule has 6 nitrogen and oxygen atoms in total. The Hall–Kier alpha value is -1.73. The molecule has 1 aromatic heterocycles. The van der Waals surface area contributed by atoms with Gasteiger partial charge in [-0.2, -0.15) is 0 Å². The van der Waals surface area contributed by atoms with Crippen LogP contribution in [0.2, 0.25) is 5.02 Å². The van der Waals surface area contributed by atoms with Gasteiger partial charge < -0.3 is 14.6 Å². The number of aromatic nitrogens is 3. The Balaban J connectivity index is 2.02. The van der Waals surface area contributed by atoms with Gasteiger partial charge in [0.25, 0.3) is 0 Å². The second-order valence-electron chi connectivity index (χ2n) is 4.69. The van der Waals surface area contributed by atoms with E-state index in [1.165, 1.54) is 11.8 Å². The van der Waals surface area contributed by atoms with Crippen molar-refractivity contribution in [2.75, 3.05) is 12.4 Å². The fourth-order valence-corrected chi connectivity index (χ4v) is 2.81. The molecule has 22 heavy (non-hydrogen) atoms. The number of anilines is 1. The fourth-order valence-electron chi connectivity index (χ4n) is 1.69. The second kappa shape index (κ2) is 7.02. The molecule has 2 rings (SSSR count). The van der Waals surface area contributed by atoms with E-state index in [4.69, 9.17) is 16.3 Å². The Morgan fingerprint density at radius 3 is 2.73 bits per heavy atom. The SMILES string of the molecule is COc1ccc(NC(=O)[C@@H](C)Sc2nnc(C)n2C)cc1Cl. The molecule has 1 amide bonds. The summed E-state index contributed by atoms with van der Waals surface area (Å²) in [7, 11) is 3.41. The maximum absolute atomic E-state index is 12.2. The average molecular weight is 341 g/mol. The number of ether oxygens (including phenoxy) is 1. The van der Waals surface area contributed by atoms with Gasteiger partial charge in [-0.15, -0.1) is 10.2 Å². The number of benzene rings is 1. The van der Waals surface area contributed by atoms with Crippen molar-refractivity contribution >= 4 is 35.0 Å². The monoisotopic (exact) mass is 340 g/mol. The first-order chi connectivity index (χ1) is 10.4. The number of aryl methyl sites for hydroxylation is 1. The lowest BCUT2D eigenvalue weighted by atomic mass is 10.3. The average Bonchev–Trinajstić information content (AvgIpc) is 2.79. The number of halogens is 1. The molecule has 8 heteroatoms. The molecule has 0 aliphatic rings. The Morgan fingerprint density at radius 1 is 1.45 bits per heavy atom. The number of methoxy groups -OCH3 is 1. The van der Waals surface area contributed by atoms with Gasteiger partial charge in [0, 0.05) is 12.7 Å². The minimum absolute atomic E-state index is 0.133. The summed E-state index contributed by atoms with van der Waals surface area (Å²) in [5.74, 6) is 1.24. The summed E-state index contributed by atoms with van der Waals surface area (Å²) in [6.45, 7) is 3.68. The molecular formula is C14H17ClN4O2S. The summed E-state index contributed by atoms with van der Waals surface area (Å²) < 4.78 is 6.93. The first-order valence-corrected chi connectivity index (χ1v) is 7.85. The molecule has 1 heterocycles. The molecule has 2 aromatic rings. The van der Waals surface area contributed by atoms with Crippen molar-refractivity contribution in [1.82, 2.24) is 14.8 Å². The van der Waals surface area contributed by atoms with E-state index in [0.717, 1.165) is 5.82 Å². The number of hydrogen-bond acceptors (Lipinski definition) is 5. The van der Waals surface area contributed by atoms with Gasteiger partial charge in [-0.3, -0.25) is 4.79 Å². The molecule has 118 valence electrons. The van der Waals surface area contributed by atoms with Gasteiger partial charge in [0.15, 0.2) is 5.16 Å². The molecule has 0 bridgehead atoms. The number of rotatable bonds is 5. The van der Waals surface area contributed by atoms with Crippen molar-refractivity contribution in [3.8, 4) is 5.75 Å². The molecule has 0 aliphatic carbocycles. The molecular weight excluding hydrogens is 324 g/mol. The lowest BCUT2D eigenvalue weighted by molar-refractivity contribution is -0.115. The molecule has 1 atom stereocenters. The Labute approximate surface area is 138 Å². The Bertz CT molecular complexity index is 689. The van der Waals surface area contributed by atoms with E-state index in [0.29, 0.717) is 21.6 Å². The van der Waals surface area contributed by atoms with E-state index in [1.807, 2.05) is 25.5 Å². The van der Waals surface area contributed by atoms with Gasteiger partial charge >= 0.3 is 0 Å². The van der Waals surface area contributed by atoms with Crippen LogP contribution in [-0.4, -0.2) is 33.0 Å². The molecule has 0 saturated carbocycles. The van der Waals surface area contributed by atoms with Gasteiger partial charge in [-0.1, -0.05) is 23.4 Å². The highest BCUT2D eigenvalue weighted by molar-refractivity contribution is 8.00. The van der Waals surface area contributed by atoms with Crippen LogP contribution in [0.15, 0.2) is 23.4 Å². The maximum Gasteiger partial charge on any atom is 0.237 e. The number of nitrogens with one attached hydrogen (secondary N) is 1. The van der Waals surface area contributed by atoms with Crippen LogP contribution in [0.4, 0.5) is 5.69 Å². The van der Waals surface area contributed by atoms with Crippen LogP contribution < -0.4 is 10.1 Å². The van der Waals surface area contributed by atoms with Crippen molar-refractivity contribution in [3.63, 3.8) is 0 Å². The largest absolute Gasteiger partial charge is 0.495 e. The predicted octanol–water partition coefficient (Wildman–Crippen LogP) is 2.90. The third-order valence-corrected chi connectivity index (χ3v) is 4.55. The zero-order valence-corrected chi connectivity index (χ0v) is 14.3. The van der Waals surface area contributed by atoms with Gasteiger partial charge in [-0.25, -0.2) is 0 Å². The molecule has 0 fully saturated rings. The van der Waals surface area contributed by atoms with Crippen LogP contribution in [0.25, 0.3) is 0 Å². The van der Waals surface area contributed by atoms with Crippen LogP contribution in [0.3, 0.4) is 0 Å². The molecule has 1 aromatic carbocycles. The molecule has 0 unspecified atom stereocenters. The van der Waals surface area contributed by atoms with Crippen LogP contribution >= 0.6 is 23.4 Å². The quantitative estimate of drug-likeness (QED) is 0.847. The number of carbonyl (C=O) groups is 1. The van der Waals surface area contributed by atoms with E-state index in [1.54, 1.807) is 25.3 Å². The third-order valence-electron chi connectivity index (χ3n) is 3.12. The highest BCUT2D eigenvalue weighted by Crippen LogP contribution is 2.28. The summed E-state index contributed by atoms with van der Waals surface area (Å²) in [6.07, 6.45) is 0. The van der Waals surface area contributed by atoms with Crippen LogP contribution in [0.5, 0.6) is 5.75 Å². The zero-order valence-electron chi connectivity index (χ0n) is 12.8. The summed E-state index contributed by atoms with van der Waals surface area (Å²) in [6, 6.07) is 5.11. The standard InChI is InChI=1S/C14H17ClN4O2S/c1-8(22-14-18-17-9(2)19(14)3)13(20)16-10-5-6-12(21-4)11(15)7-10/h5-8H,1-4H3,(H,16,20)/t8-/m1/s1. The fraction of sp³-hybridized carbons (Fsp3) is 0.357. The van der Waals surface area contributed by atoms with E-state index in [-0.39, 0.29) is 11.2 Å². The predicted molar refractivity (Wildman–Crippen MR) is 87.7 cm³/mol. The first kappa shape index (κ1) is 16.6. The molecule has 0 saturated heterocycles. The van der Waals surface area contributed by atoms with E-state index < -0.39 is 0 Å². The molecule has 1 N–H and O–H groups in total. The lowest BCUT2D eigenvalue weighted by Crippen LogP contribution is -2.22. The highest BCUT2D eigenvalue weighted by atomic mass is 35.5. The number of hydrogen-bond donors (Lipinski definition) is 1. The van der Waals surface area contributed by atoms with Crippen molar-refractivity contribution in [2.45, 2.75) is 24.3 Å². The highest BCUT2D eigenvalue weighted by Gasteiger charge is 2.18. The normalized spacial score (nSPS) is 12.0. The van der Waals surface area contributed by atoms with E-state index in [9.17, 15) is 4.79 Å². The zero-order chi connectivity index (χ0) is 16.3. The topological polar surface area (TPSA) is 69.0 Å². The molecule has 0 spiro atoms. The Morgan fingerprint density at radius 2 is 2.18 bits per heavy atom. The minimum atomic E-state index is -0.317. The summed E-state index contributed by atoms with van der Waals surface area (Å²) >= 11 is 7.39. The van der Waals surface area contributed by atoms with Gasteiger partial charge in [0.05, 0.1) is 17.4 Å². The number of carbonyl (C=O) groups excluding carboxylic acids is 1. The molecule has 0 aliphatic heterocycles. The second-order valence-corrected chi connectivity index (χ2v) is 6.40. The van der Waals surface area contributed by atoms with Gasteiger partial charge in [-0.05, 0) is 32.0 Å². The number of nitrogens with zero attached hydrogens (tertiary/aromatic N) is 3. The Kier molecular flexibility index (Phi) is 5.31. The van der Waals surface area contributed by atoms with Crippen molar-refractivity contribution in [2.24, 2.45) is 7.05 Å². The first-order valence-electron chi connectivity index (χ1n) is 6.59. The van der Waals surface area contributed by atoms with Crippen LogP contribution in [0.1, 0.15) is 12.7 Å². The minimum Gasteiger partial charge on any atom is -0.495 e. The van der Waals surface area contributed by atoms with E-state index in [2.05, 4.69) is 15.5 Å².